The first-order valence-corrected chi connectivity index (χ1v) is 8.83. The molecule has 0 saturated carbocycles. The molecule has 0 radical (unpaired) electrons. The molecule has 140 valence electrons. The van der Waals surface area contributed by atoms with E-state index in [9.17, 15) is 9.18 Å². The van der Waals surface area contributed by atoms with E-state index in [1.54, 1.807) is 22.9 Å². The highest BCUT2D eigenvalue weighted by molar-refractivity contribution is 6.30. The summed E-state index contributed by atoms with van der Waals surface area (Å²) in [5.74, 6) is 0.0468. The van der Waals surface area contributed by atoms with E-state index in [1.807, 2.05) is 25.1 Å². The Morgan fingerprint density at radius 3 is 2.78 bits per heavy atom. The fourth-order valence-electron chi connectivity index (χ4n) is 2.76. The summed E-state index contributed by atoms with van der Waals surface area (Å²) in [4.78, 5) is 16.2. The van der Waals surface area contributed by atoms with Crippen LogP contribution in [0.25, 0.3) is 0 Å². The van der Waals surface area contributed by atoms with Gasteiger partial charge in [0.2, 0.25) is 11.7 Å². The first-order valence-electron chi connectivity index (χ1n) is 8.45. The molecule has 1 heterocycles. The van der Waals surface area contributed by atoms with Crippen LogP contribution < -0.4 is 15.6 Å². The lowest BCUT2D eigenvalue weighted by atomic mass is 10.1. The van der Waals surface area contributed by atoms with E-state index < -0.39 is 5.56 Å². The minimum absolute atomic E-state index is 0.123. The standard InChI is InChI=1S/C20H19ClFN3O2/c1-3-14-7-8-16(22)10-17(14)23-20-24-19(26)18(27-2)12-25(20)11-13-5-4-6-15(21)9-13/h4-10,12H,3,11H2,1-2H3,(H,23,24,26). The molecule has 0 bridgehead atoms. The molecule has 3 aromatic rings. The molecule has 2 aromatic carbocycles. The summed E-state index contributed by atoms with van der Waals surface area (Å²) in [7, 11) is 1.41. The van der Waals surface area contributed by atoms with Crippen LogP contribution in [0.4, 0.5) is 16.0 Å². The highest BCUT2D eigenvalue weighted by atomic mass is 35.5. The van der Waals surface area contributed by atoms with Crippen LogP contribution in [-0.4, -0.2) is 16.7 Å². The zero-order chi connectivity index (χ0) is 19.4. The van der Waals surface area contributed by atoms with Crippen molar-refractivity contribution in [1.29, 1.82) is 0 Å². The van der Waals surface area contributed by atoms with Crippen LogP contribution in [0, 0.1) is 5.82 Å². The average molecular weight is 388 g/mol. The van der Waals surface area contributed by atoms with E-state index in [-0.39, 0.29) is 11.6 Å². The van der Waals surface area contributed by atoms with Crippen molar-refractivity contribution in [3.63, 3.8) is 0 Å². The van der Waals surface area contributed by atoms with Crippen molar-refractivity contribution in [2.75, 3.05) is 12.4 Å². The minimum atomic E-state index is -0.503. The van der Waals surface area contributed by atoms with Gasteiger partial charge < -0.3 is 14.6 Å². The lowest BCUT2D eigenvalue weighted by molar-refractivity contribution is 0.402. The smallest absolute Gasteiger partial charge is 0.316 e. The molecule has 7 heteroatoms. The summed E-state index contributed by atoms with van der Waals surface area (Å²) in [5, 5.41) is 3.70. The number of benzene rings is 2. The van der Waals surface area contributed by atoms with Crippen LogP contribution in [-0.2, 0) is 13.0 Å². The number of aromatic nitrogens is 2. The third-order valence-corrected chi connectivity index (χ3v) is 4.36. The molecule has 1 N–H and O–H groups in total. The van der Waals surface area contributed by atoms with Crippen molar-refractivity contribution in [3.8, 4) is 5.75 Å². The van der Waals surface area contributed by atoms with Crippen LogP contribution in [0.15, 0.2) is 53.5 Å². The predicted molar refractivity (Wildman–Crippen MR) is 105 cm³/mol. The van der Waals surface area contributed by atoms with Crippen molar-refractivity contribution < 1.29 is 9.13 Å². The van der Waals surface area contributed by atoms with Crippen molar-refractivity contribution >= 4 is 23.2 Å². The van der Waals surface area contributed by atoms with Gasteiger partial charge in [0.05, 0.1) is 19.9 Å². The van der Waals surface area contributed by atoms with Gasteiger partial charge in [0.1, 0.15) is 5.82 Å². The van der Waals surface area contributed by atoms with Gasteiger partial charge in [0.25, 0.3) is 0 Å². The molecular formula is C20H19ClFN3O2. The van der Waals surface area contributed by atoms with E-state index >= 15 is 0 Å². The zero-order valence-electron chi connectivity index (χ0n) is 15.0. The summed E-state index contributed by atoms with van der Waals surface area (Å²) in [6.07, 6.45) is 2.28. The van der Waals surface area contributed by atoms with Crippen molar-refractivity contribution in [2.45, 2.75) is 19.9 Å². The summed E-state index contributed by atoms with van der Waals surface area (Å²) >= 11 is 6.06. The van der Waals surface area contributed by atoms with E-state index in [0.717, 1.165) is 11.1 Å². The van der Waals surface area contributed by atoms with Crippen LogP contribution in [0.2, 0.25) is 5.02 Å². The van der Waals surface area contributed by atoms with Gasteiger partial charge in [-0.05, 0) is 41.8 Å². The predicted octanol–water partition coefficient (Wildman–Crippen LogP) is 4.40. The number of aryl methyl sites for hydroxylation is 1. The van der Waals surface area contributed by atoms with Crippen LogP contribution >= 0.6 is 11.6 Å². The van der Waals surface area contributed by atoms with Crippen LogP contribution in [0.5, 0.6) is 5.75 Å². The van der Waals surface area contributed by atoms with E-state index in [4.69, 9.17) is 16.3 Å². The molecule has 0 fully saturated rings. The van der Waals surface area contributed by atoms with Gasteiger partial charge >= 0.3 is 5.56 Å². The lowest BCUT2D eigenvalue weighted by Gasteiger charge is -2.17. The number of methoxy groups -OCH3 is 1. The zero-order valence-corrected chi connectivity index (χ0v) is 15.8. The fourth-order valence-corrected chi connectivity index (χ4v) is 2.97. The van der Waals surface area contributed by atoms with E-state index in [1.165, 1.54) is 19.2 Å². The Hall–Kier alpha value is -2.86. The number of rotatable bonds is 6. The normalized spacial score (nSPS) is 10.7. The SMILES string of the molecule is CCc1ccc(F)cc1Nc1nc(=O)c(OC)cn1Cc1cccc(Cl)c1. The summed E-state index contributed by atoms with van der Waals surface area (Å²) in [6, 6.07) is 11.9. The van der Waals surface area contributed by atoms with E-state index in [2.05, 4.69) is 10.3 Å². The van der Waals surface area contributed by atoms with Gasteiger partial charge in [-0.2, -0.15) is 4.98 Å². The first kappa shape index (κ1) is 18.9. The Bertz CT molecular complexity index is 1020. The number of halogens is 2. The summed E-state index contributed by atoms with van der Waals surface area (Å²) in [6.45, 7) is 2.38. The van der Waals surface area contributed by atoms with Gasteiger partial charge in [-0.1, -0.05) is 36.7 Å². The number of hydrogen-bond donors (Lipinski definition) is 1. The Kier molecular flexibility index (Phi) is 5.76. The maximum atomic E-state index is 13.7. The molecule has 0 unspecified atom stereocenters. The molecular weight excluding hydrogens is 369 g/mol. The highest BCUT2D eigenvalue weighted by Gasteiger charge is 2.12. The van der Waals surface area contributed by atoms with Crippen molar-refractivity contribution in [1.82, 2.24) is 9.55 Å². The number of ether oxygens (including phenoxy) is 1. The molecule has 0 aliphatic rings. The second kappa shape index (κ2) is 8.22. The van der Waals surface area contributed by atoms with Crippen LogP contribution in [0.1, 0.15) is 18.1 Å². The summed E-state index contributed by atoms with van der Waals surface area (Å²) < 4.78 is 20.6. The van der Waals surface area contributed by atoms with Gasteiger partial charge in [-0.15, -0.1) is 0 Å². The third kappa shape index (κ3) is 4.46. The average Bonchev–Trinajstić information content (AvgIpc) is 2.64. The Morgan fingerprint density at radius 1 is 1.26 bits per heavy atom. The molecule has 3 rings (SSSR count). The lowest BCUT2D eigenvalue weighted by Crippen LogP contribution is -2.19. The maximum Gasteiger partial charge on any atom is 0.316 e. The Morgan fingerprint density at radius 2 is 2.07 bits per heavy atom. The quantitative estimate of drug-likeness (QED) is 0.681. The number of nitrogens with one attached hydrogen (secondary N) is 1. The largest absolute Gasteiger partial charge is 0.490 e. The summed E-state index contributed by atoms with van der Waals surface area (Å²) in [5.41, 5.74) is 1.90. The third-order valence-electron chi connectivity index (χ3n) is 4.12. The first-order chi connectivity index (χ1) is 13.0. The highest BCUT2D eigenvalue weighted by Crippen LogP contribution is 2.23. The van der Waals surface area contributed by atoms with Crippen LogP contribution in [0.3, 0.4) is 0 Å². The van der Waals surface area contributed by atoms with Gasteiger partial charge in [-0.25, -0.2) is 4.39 Å². The number of anilines is 2. The molecule has 0 saturated heterocycles. The monoisotopic (exact) mass is 387 g/mol. The fraction of sp³-hybridized carbons (Fsp3) is 0.200. The number of nitrogens with zero attached hydrogens (tertiary/aromatic N) is 2. The second-order valence-electron chi connectivity index (χ2n) is 5.98. The molecule has 0 amide bonds. The molecule has 0 spiro atoms. The topological polar surface area (TPSA) is 56.1 Å². The van der Waals surface area contributed by atoms with Gasteiger partial charge in [0, 0.05) is 10.7 Å². The molecule has 1 aromatic heterocycles. The van der Waals surface area contributed by atoms with Gasteiger partial charge in [0.15, 0.2) is 0 Å². The molecule has 5 nitrogen and oxygen atoms in total. The molecule has 0 atom stereocenters. The van der Waals surface area contributed by atoms with Gasteiger partial charge in [-0.3, -0.25) is 4.79 Å². The molecule has 0 aliphatic heterocycles. The second-order valence-corrected chi connectivity index (χ2v) is 6.41. The van der Waals surface area contributed by atoms with E-state index in [0.29, 0.717) is 29.6 Å². The van der Waals surface area contributed by atoms with Crippen molar-refractivity contribution in [2.24, 2.45) is 0 Å². The Balaban J connectivity index is 2.05. The molecule has 0 aliphatic carbocycles. The van der Waals surface area contributed by atoms with Crippen molar-refractivity contribution in [3.05, 3.63) is 81.0 Å². The maximum absolute atomic E-state index is 13.7. The molecule has 27 heavy (non-hydrogen) atoms. The Labute approximate surface area is 161 Å². The minimum Gasteiger partial charge on any atom is -0.490 e. The number of hydrogen-bond acceptors (Lipinski definition) is 4.